The molecule has 0 nitrogen and oxygen atoms in total. The summed E-state index contributed by atoms with van der Waals surface area (Å²) in [6, 6.07) is 9.49. The van der Waals surface area contributed by atoms with Crippen LogP contribution in [0.4, 0.5) is 0 Å². The first kappa shape index (κ1) is 17.4. The van der Waals surface area contributed by atoms with Gasteiger partial charge < -0.3 is 0 Å². The molecule has 0 fully saturated rings. The molecule has 110 valence electrons. The summed E-state index contributed by atoms with van der Waals surface area (Å²) in [5.74, 6) is 2.80. The van der Waals surface area contributed by atoms with Gasteiger partial charge in [0.1, 0.15) is 0 Å². The van der Waals surface area contributed by atoms with Crippen molar-refractivity contribution in [1.29, 1.82) is 0 Å². The molecule has 0 aromatic heterocycles. The normalized spacial score (nSPS) is 11.8. The predicted octanol–water partition coefficient (Wildman–Crippen LogP) is 4.73. The molecule has 2 heteroatoms. The second-order valence-electron chi connectivity index (χ2n) is 7.69. The zero-order chi connectivity index (χ0) is 15.4. The van der Waals surface area contributed by atoms with Crippen molar-refractivity contribution in [2.45, 2.75) is 78.7 Å². The van der Waals surface area contributed by atoms with Crippen molar-refractivity contribution in [2.75, 3.05) is 0 Å². The number of hydrogen-bond donors (Lipinski definition) is 0. The molecule has 0 aliphatic rings. The first-order valence-electron chi connectivity index (χ1n) is 8.35. The lowest BCUT2D eigenvalue weighted by Gasteiger charge is -2.24. The summed E-state index contributed by atoms with van der Waals surface area (Å²) in [6.45, 7) is 20.0. The van der Waals surface area contributed by atoms with Crippen molar-refractivity contribution < 1.29 is 0 Å². The molecule has 0 saturated heterocycles. The first-order chi connectivity index (χ1) is 9.25. The van der Waals surface area contributed by atoms with Crippen LogP contribution in [-0.2, 0) is 0 Å². The summed E-state index contributed by atoms with van der Waals surface area (Å²) < 4.78 is 0. The topological polar surface area (TPSA) is 0 Å². The Kier molecular flexibility index (Phi) is 6.42. The molecular weight excluding hydrogens is 238 g/mol. The number of benzene rings is 1. The molecule has 0 atom stereocenters. The van der Waals surface area contributed by atoms with Crippen LogP contribution < -0.4 is 10.9 Å². The van der Waals surface area contributed by atoms with E-state index in [-0.39, 0.29) is 0 Å². The van der Waals surface area contributed by atoms with Crippen LogP contribution in [0.1, 0.15) is 55.4 Å². The molecular formula is C18H32B2. The molecule has 0 saturated carbocycles. The quantitative estimate of drug-likeness (QED) is 0.655. The first-order valence-corrected chi connectivity index (χ1v) is 8.35. The molecule has 0 N–H and O–H groups in total. The minimum atomic E-state index is 0.667. The Morgan fingerprint density at radius 3 is 0.850 bits per heavy atom. The minimum Gasteiger partial charge on any atom is -0.0796 e. The Labute approximate surface area is 127 Å². The summed E-state index contributed by atoms with van der Waals surface area (Å²) >= 11 is 0. The summed E-state index contributed by atoms with van der Waals surface area (Å²) in [5.41, 5.74) is 3.01. The van der Waals surface area contributed by atoms with E-state index in [2.05, 4.69) is 79.7 Å². The zero-order valence-electron chi connectivity index (χ0n) is 14.8. The Bertz CT molecular complexity index is 335. The van der Waals surface area contributed by atoms with Gasteiger partial charge in [0, 0.05) is 0 Å². The Balaban J connectivity index is 3.03. The van der Waals surface area contributed by atoms with Crippen LogP contribution in [0.5, 0.6) is 0 Å². The maximum atomic E-state index is 2.37. The van der Waals surface area contributed by atoms with Gasteiger partial charge in [0.05, 0.1) is 0 Å². The summed E-state index contributed by atoms with van der Waals surface area (Å²) in [7, 11) is 0. The summed E-state index contributed by atoms with van der Waals surface area (Å²) in [5, 5.41) is 0. The fraction of sp³-hybridized carbons (Fsp3) is 0.667. The standard InChI is InChI=1S/C18H32B2/c1-13(2)19(14(3)4)17-9-11-18(12-10-17)20(15(5)6)16(7)8/h9-16H,1-8H3. The van der Waals surface area contributed by atoms with Crippen LogP contribution in [0.25, 0.3) is 0 Å². The van der Waals surface area contributed by atoms with Gasteiger partial charge in [-0.05, 0) is 0 Å². The smallest absolute Gasteiger partial charge is 0.0796 e. The second kappa shape index (κ2) is 7.38. The van der Waals surface area contributed by atoms with Gasteiger partial charge in [-0.25, -0.2) is 0 Å². The van der Waals surface area contributed by atoms with E-state index in [0.717, 1.165) is 0 Å². The average molecular weight is 270 g/mol. The van der Waals surface area contributed by atoms with Gasteiger partial charge in [0.2, 0.25) is 0 Å². The van der Waals surface area contributed by atoms with E-state index in [9.17, 15) is 0 Å². The third-order valence-electron chi connectivity index (χ3n) is 4.58. The van der Waals surface area contributed by atoms with E-state index in [1.165, 1.54) is 10.9 Å². The maximum absolute atomic E-state index is 2.37. The molecule has 1 aromatic carbocycles. The van der Waals surface area contributed by atoms with E-state index < -0.39 is 0 Å². The van der Waals surface area contributed by atoms with Crippen LogP contribution in [0.3, 0.4) is 0 Å². The SMILES string of the molecule is CC(C)B(c1ccc(B(C(C)C)C(C)C)cc1)C(C)C. The van der Waals surface area contributed by atoms with Crippen LogP contribution in [-0.4, -0.2) is 13.4 Å². The lowest BCUT2D eigenvalue weighted by atomic mass is 9.30. The Morgan fingerprint density at radius 2 is 0.700 bits per heavy atom. The van der Waals surface area contributed by atoms with Crippen molar-refractivity contribution in [3.8, 4) is 0 Å². The monoisotopic (exact) mass is 270 g/mol. The molecule has 0 radical (unpaired) electrons. The van der Waals surface area contributed by atoms with Crippen molar-refractivity contribution in [1.82, 2.24) is 0 Å². The van der Waals surface area contributed by atoms with Crippen LogP contribution in [0.15, 0.2) is 24.3 Å². The van der Waals surface area contributed by atoms with Gasteiger partial charge in [-0.3, -0.25) is 0 Å². The third kappa shape index (κ3) is 4.17. The highest BCUT2D eigenvalue weighted by Gasteiger charge is 2.26. The molecule has 0 heterocycles. The van der Waals surface area contributed by atoms with E-state index in [1.54, 1.807) is 0 Å². The largest absolute Gasteiger partial charge is 0.181 e. The molecule has 20 heavy (non-hydrogen) atoms. The van der Waals surface area contributed by atoms with E-state index in [4.69, 9.17) is 0 Å². The highest BCUT2D eigenvalue weighted by atomic mass is 14.0. The van der Waals surface area contributed by atoms with E-state index in [1.807, 2.05) is 0 Å². The van der Waals surface area contributed by atoms with Gasteiger partial charge in [0.25, 0.3) is 0 Å². The van der Waals surface area contributed by atoms with Crippen molar-refractivity contribution in [3.63, 3.8) is 0 Å². The zero-order valence-corrected chi connectivity index (χ0v) is 14.8. The van der Waals surface area contributed by atoms with E-state index >= 15 is 0 Å². The van der Waals surface area contributed by atoms with Crippen LogP contribution in [0, 0.1) is 0 Å². The van der Waals surface area contributed by atoms with E-state index in [0.29, 0.717) is 36.7 Å². The van der Waals surface area contributed by atoms with Gasteiger partial charge >= 0.3 is 0 Å². The summed E-state index contributed by atoms with van der Waals surface area (Å²) in [4.78, 5) is 0. The predicted molar refractivity (Wildman–Crippen MR) is 97.6 cm³/mol. The Hall–Kier alpha value is -0.650. The Morgan fingerprint density at radius 1 is 0.500 bits per heavy atom. The lowest BCUT2D eigenvalue weighted by molar-refractivity contribution is 0.949. The van der Waals surface area contributed by atoms with Crippen molar-refractivity contribution in [2.24, 2.45) is 0 Å². The van der Waals surface area contributed by atoms with Crippen LogP contribution >= 0.6 is 0 Å². The molecule has 1 aromatic rings. The molecule has 0 aliphatic heterocycles. The van der Waals surface area contributed by atoms with Crippen molar-refractivity contribution >= 4 is 24.4 Å². The average Bonchev–Trinajstić information content (AvgIpc) is 2.29. The second-order valence-corrected chi connectivity index (χ2v) is 7.69. The molecule has 0 amide bonds. The van der Waals surface area contributed by atoms with Crippen molar-refractivity contribution in [3.05, 3.63) is 24.3 Å². The fourth-order valence-electron chi connectivity index (χ4n) is 4.02. The highest BCUT2D eigenvalue weighted by Crippen LogP contribution is 2.21. The maximum Gasteiger partial charge on any atom is 0.181 e. The van der Waals surface area contributed by atoms with Gasteiger partial charge in [-0.15, -0.1) is 0 Å². The molecule has 0 aliphatic carbocycles. The fourth-order valence-corrected chi connectivity index (χ4v) is 4.02. The van der Waals surface area contributed by atoms with Gasteiger partial charge in [-0.2, -0.15) is 0 Å². The number of hydrogen-bond acceptors (Lipinski definition) is 0. The highest BCUT2D eigenvalue weighted by molar-refractivity contribution is 6.77. The minimum absolute atomic E-state index is 0.667. The van der Waals surface area contributed by atoms with Crippen LogP contribution in [0.2, 0.25) is 23.3 Å². The molecule has 0 unspecified atom stereocenters. The summed E-state index contributed by atoms with van der Waals surface area (Å²) in [6.07, 6.45) is 0. The third-order valence-corrected chi connectivity index (χ3v) is 4.58. The molecule has 0 spiro atoms. The molecule has 0 bridgehead atoms. The number of rotatable bonds is 6. The van der Waals surface area contributed by atoms with Gasteiger partial charge in [0.15, 0.2) is 13.4 Å². The molecule has 1 rings (SSSR count). The van der Waals surface area contributed by atoms with Gasteiger partial charge in [-0.1, -0.05) is 114 Å². The lowest BCUT2D eigenvalue weighted by Crippen LogP contribution is -2.40.